The first-order valence-corrected chi connectivity index (χ1v) is 9.98. The summed E-state index contributed by atoms with van der Waals surface area (Å²) in [5.41, 5.74) is 10.0. The highest BCUT2D eigenvalue weighted by molar-refractivity contribution is 9.10. The Kier molecular flexibility index (Phi) is 4.63. The van der Waals surface area contributed by atoms with Crippen molar-refractivity contribution in [2.45, 2.75) is 26.3 Å². The van der Waals surface area contributed by atoms with Crippen molar-refractivity contribution in [2.75, 3.05) is 0 Å². The van der Waals surface area contributed by atoms with Crippen molar-refractivity contribution >= 4 is 43.6 Å². The molecule has 0 aliphatic heterocycles. The molecule has 0 aliphatic rings. The molecule has 0 bridgehead atoms. The second-order valence-electron chi connectivity index (χ2n) is 7.37. The zero-order valence-corrected chi connectivity index (χ0v) is 17.3. The lowest BCUT2D eigenvalue weighted by Gasteiger charge is -2.11. The highest BCUT2D eigenvalue weighted by Crippen LogP contribution is 2.39. The number of phenolic OH excluding ortho intramolecular Hbond substituents is 1. The van der Waals surface area contributed by atoms with E-state index < -0.39 is 5.91 Å². The molecule has 0 aliphatic carbocycles. The van der Waals surface area contributed by atoms with E-state index >= 15 is 0 Å². The van der Waals surface area contributed by atoms with Crippen LogP contribution >= 0.6 is 15.9 Å². The lowest BCUT2D eigenvalue weighted by molar-refractivity contribution is 0.100. The SMILES string of the molecule is CC(C)c1cc(O)c2c3c(C(N)=O)cccc3n(Cc3cccc(Br)c3)c2c1. The Morgan fingerprint density at radius 1 is 1.07 bits per heavy atom. The normalized spacial score (nSPS) is 11.6. The third-order valence-electron chi connectivity index (χ3n) is 5.15. The van der Waals surface area contributed by atoms with Gasteiger partial charge in [0.15, 0.2) is 0 Å². The fourth-order valence-electron chi connectivity index (χ4n) is 3.79. The standard InChI is InChI=1S/C23H21BrN2O2/c1-13(2)15-10-19-22(20(27)11-15)21-17(23(25)28)7-4-8-18(21)26(19)12-14-5-3-6-16(24)9-14/h3-11,13,27H,12H2,1-2H3,(H2,25,28). The smallest absolute Gasteiger partial charge is 0.249 e. The van der Waals surface area contributed by atoms with Crippen molar-refractivity contribution in [3.05, 3.63) is 75.8 Å². The third kappa shape index (κ3) is 3.06. The summed E-state index contributed by atoms with van der Waals surface area (Å²) >= 11 is 3.53. The minimum Gasteiger partial charge on any atom is -0.507 e. The van der Waals surface area contributed by atoms with E-state index in [-0.39, 0.29) is 11.7 Å². The van der Waals surface area contributed by atoms with Crippen LogP contribution in [0.5, 0.6) is 5.75 Å². The van der Waals surface area contributed by atoms with Gasteiger partial charge in [-0.2, -0.15) is 0 Å². The van der Waals surface area contributed by atoms with Crippen LogP contribution in [0.15, 0.2) is 59.1 Å². The molecule has 4 nitrogen and oxygen atoms in total. The van der Waals surface area contributed by atoms with E-state index in [2.05, 4.69) is 52.5 Å². The number of phenols is 1. The van der Waals surface area contributed by atoms with Crippen molar-refractivity contribution in [3.8, 4) is 5.75 Å². The highest BCUT2D eigenvalue weighted by atomic mass is 79.9. The van der Waals surface area contributed by atoms with E-state index in [1.54, 1.807) is 12.1 Å². The average Bonchev–Trinajstić information content (AvgIpc) is 2.96. The van der Waals surface area contributed by atoms with E-state index in [0.29, 0.717) is 22.9 Å². The number of nitrogens with two attached hydrogens (primary N) is 1. The molecule has 0 fully saturated rings. The molecule has 0 unspecified atom stereocenters. The Bertz CT molecular complexity index is 1220. The molecule has 0 saturated heterocycles. The minimum absolute atomic E-state index is 0.174. The summed E-state index contributed by atoms with van der Waals surface area (Å²) in [5.74, 6) is -0.0597. The molecule has 4 rings (SSSR count). The summed E-state index contributed by atoms with van der Waals surface area (Å²) in [6.45, 7) is 4.80. The number of aromatic nitrogens is 1. The molecule has 1 heterocycles. The monoisotopic (exact) mass is 436 g/mol. The van der Waals surface area contributed by atoms with Gasteiger partial charge in [0.2, 0.25) is 5.91 Å². The van der Waals surface area contributed by atoms with Gasteiger partial charge >= 0.3 is 0 Å². The summed E-state index contributed by atoms with van der Waals surface area (Å²) in [4.78, 5) is 12.1. The summed E-state index contributed by atoms with van der Waals surface area (Å²) in [7, 11) is 0. The molecule has 1 aromatic heterocycles. The van der Waals surface area contributed by atoms with Crippen molar-refractivity contribution in [1.82, 2.24) is 4.57 Å². The maximum Gasteiger partial charge on any atom is 0.249 e. The number of carbonyl (C=O) groups excluding carboxylic acids is 1. The largest absolute Gasteiger partial charge is 0.507 e. The van der Waals surface area contributed by atoms with Gasteiger partial charge in [-0.25, -0.2) is 0 Å². The van der Waals surface area contributed by atoms with Crippen molar-refractivity contribution in [2.24, 2.45) is 5.73 Å². The lowest BCUT2D eigenvalue weighted by Crippen LogP contribution is -2.11. The second kappa shape index (κ2) is 6.99. The average molecular weight is 437 g/mol. The van der Waals surface area contributed by atoms with Crippen LogP contribution in [-0.2, 0) is 6.54 Å². The van der Waals surface area contributed by atoms with E-state index in [9.17, 15) is 9.90 Å². The zero-order chi connectivity index (χ0) is 20.0. The Morgan fingerprint density at radius 3 is 2.50 bits per heavy atom. The van der Waals surface area contributed by atoms with Gasteiger partial charge in [-0.15, -0.1) is 0 Å². The number of primary amides is 1. The van der Waals surface area contributed by atoms with Crippen LogP contribution in [0.2, 0.25) is 0 Å². The number of hydrogen-bond acceptors (Lipinski definition) is 2. The van der Waals surface area contributed by atoms with Crippen LogP contribution in [0.4, 0.5) is 0 Å². The van der Waals surface area contributed by atoms with Crippen LogP contribution in [0.1, 0.15) is 41.3 Å². The third-order valence-corrected chi connectivity index (χ3v) is 5.65. The van der Waals surface area contributed by atoms with Gasteiger partial charge in [-0.3, -0.25) is 4.79 Å². The van der Waals surface area contributed by atoms with Gasteiger partial charge in [-0.1, -0.05) is 48.0 Å². The van der Waals surface area contributed by atoms with E-state index in [4.69, 9.17) is 5.73 Å². The molecular formula is C23H21BrN2O2. The topological polar surface area (TPSA) is 68.2 Å². The number of fused-ring (bicyclic) bond motifs is 3. The first kappa shape index (κ1) is 18.6. The molecule has 0 radical (unpaired) electrons. The van der Waals surface area contributed by atoms with Gasteiger partial charge in [0.25, 0.3) is 0 Å². The van der Waals surface area contributed by atoms with Crippen LogP contribution in [0.25, 0.3) is 21.8 Å². The Hall–Kier alpha value is -2.79. The molecule has 0 saturated carbocycles. The number of carbonyl (C=O) groups is 1. The molecule has 3 N–H and O–H groups in total. The molecule has 3 aromatic carbocycles. The first-order valence-electron chi connectivity index (χ1n) is 9.19. The molecule has 5 heteroatoms. The van der Waals surface area contributed by atoms with Crippen LogP contribution in [0.3, 0.4) is 0 Å². The van der Waals surface area contributed by atoms with Gasteiger partial charge in [0.1, 0.15) is 5.75 Å². The van der Waals surface area contributed by atoms with Crippen LogP contribution in [-0.4, -0.2) is 15.6 Å². The fraction of sp³-hybridized carbons (Fsp3) is 0.174. The first-order chi connectivity index (χ1) is 13.4. The maximum absolute atomic E-state index is 12.1. The quantitative estimate of drug-likeness (QED) is 0.441. The molecule has 142 valence electrons. The highest BCUT2D eigenvalue weighted by Gasteiger charge is 2.20. The van der Waals surface area contributed by atoms with Crippen LogP contribution < -0.4 is 5.73 Å². The Balaban J connectivity index is 2.11. The summed E-state index contributed by atoms with van der Waals surface area (Å²) < 4.78 is 3.15. The predicted octanol–water partition coefficient (Wildman–Crippen LogP) is 5.53. The number of halogens is 1. The van der Waals surface area contributed by atoms with Gasteiger partial charge < -0.3 is 15.4 Å². The summed E-state index contributed by atoms with van der Waals surface area (Å²) in [6.07, 6.45) is 0. The van der Waals surface area contributed by atoms with E-state index in [1.807, 2.05) is 24.3 Å². The van der Waals surface area contributed by atoms with Crippen molar-refractivity contribution in [1.29, 1.82) is 0 Å². The van der Waals surface area contributed by atoms with Crippen LogP contribution in [0, 0.1) is 0 Å². The predicted molar refractivity (Wildman–Crippen MR) is 117 cm³/mol. The molecule has 0 spiro atoms. The lowest BCUT2D eigenvalue weighted by atomic mass is 9.99. The fourth-order valence-corrected chi connectivity index (χ4v) is 4.23. The number of aromatic hydroxyl groups is 1. The van der Waals surface area contributed by atoms with Crippen molar-refractivity contribution < 1.29 is 9.90 Å². The summed E-state index contributed by atoms with van der Waals surface area (Å²) in [6, 6.07) is 17.5. The molecule has 4 aromatic rings. The zero-order valence-electron chi connectivity index (χ0n) is 15.7. The second-order valence-corrected chi connectivity index (χ2v) is 8.28. The number of nitrogens with zero attached hydrogens (tertiary/aromatic N) is 1. The summed E-state index contributed by atoms with van der Waals surface area (Å²) in [5, 5.41) is 12.2. The van der Waals surface area contributed by atoms with Gasteiger partial charge in [-0.05, 0) is 53.4 Å². The van der Waals surface area contributed by atoms with E-state index in [0.717, 1.165) is 26.6 Å². The van der Waals surface area contributed by atoms with Gasteiger partial charge in [0, 0.05) is 22.0 Å². The molecular weight excluding hydrogens is 416 g/mol. The Labute approximate surface area is 171 Å². The number of amides is 1. The molecule has 0 atom stereocenters. The number of hydrogen-bond donors (Lipinski definition) is 2. The van der Waals surface area contributed by atoms with Gasteiger partial charge in [0.05, 0.1) is 16.4 Å². The Morgan fingerprint density at radius 2 is 1.82 bits per heavy atom. The van der Waals surface area contributed by atoms with E-state index in [1.165, 1.54) is 0 Å². The van der Waals surface area contributed by atoms with Crippen molar-refractivity contribution in [3.63, 3.8) is 0 Å². The number of benzene rings is 3. The minimum atomic E-state index is -0.501. The molecule has 28 heavy (non-hydrogen) atoms. The maximum atomic E-state index is 12.1. The number of rotatable bonds is 4. The molecule has 1 amide bonds.